The molecule has 29 heavy (non-hydrogen) atoms. The van der Waals surface area contributed by atoms with Gasteiger partial charge in [0, 0.05) is 0 Å². The molecule has 4 atom stereocenters. The van der Waals surface area contributed by atoms with Crippen LogP contribution in [0.2, 0.25) is 0 Å². The van der Waals surface area contributed by atoms with E-state index in [2.05, 4.69) is 12.7 Å². The van der Waals surface area contributed by atoms with E-state index < -0.39 is 61.6 Å². The van der Waals surface area contributed by atoms with Crippen molar-refractivity contribution in [2.24, 2.45) is 5.92 Å². The SMILES string of the molecule is C=[C+]C[C@@](C)(F)OC(I)(I)C(F)(C1CC1)C(F)([I-]C)C(F)(F)C(F)(I)C(F)(I)I. The van der Waals surface area contributed by atoms with Crippen LogP contribution in [0.4, 0.5) is 30.7 Å². The maximum absolute atomic E-state index is 16.5. The number of hydrogen-bond donors (Lipinski definition) is 0. The molecule has 0 saturated heterocycles. The van der Waals surface area contributed by atoms with Gasteiger partial charge in [-0.2, -0.15) is 0 Å². The van der Waals surface area contributed by atoms with Crippen molar-refractivity contribution < 1.29 is 56.7 Å². The Morgan fingerprint density at radius 2 is 1.45 bits per heavy atom. The molecule has 0 aromatic rings. The van der Waals surface area contributed by atoms with Crippen molar-refractivity contribution in [1.29, 1.82) is 0 Å². The quantitative estimate of drug-likeness (QED) is 0.118. The van der Waals surface area contributed by atoms with Gasteiger partial charge in [0.15, 0.2) is 0 Å². The van der Waals surface area contributed by atoms with Gasteiger partial charge in [-0.1, -0.05) is 0 Å². The van der Waals surface area contributed by atoms with E-state index in [-0.39, 0.29) is 12.8 Å². The van der Waals surface area contributed by atoms with E-state index in [0.717, 1.165) is 57.0 Å². The molecule has 1 nitrogen and oxygen atoms in total. The van der Waals surface area contributed by atoms with Gasteiger partial charge in [-0.05, 0) is 0 Å². The average Bonchev–Trinajstić information content (AvgIpc) is 3.35. The molecular formula is C15H15F7I6O. The Morgan fingerprint density at radius 1 is 1.00 bits per heavy atom. The zero-order valence-corrected chi connectivity index (χ0v) is 27.7. The van der Waals surface area contributed by atoms with Gasteiger partial charge in [0.05, 0.1) is 0 Å². The van der Waals surface area contributed by atoms with Crippen LogP contribution in [0, 0.1) is 12.0 Å². The Morgan fingerprint density at radius 3 is 1.76 bits per heavy atom. The summed E-state index contributed by atoms with van der Waals surface area (Å²) >= 11 is 2.14. The molecule has 1 fully saturated rings. The second kappa shape index (κ2) is 9.87. The predicted octanol–water partition coefficient (Wildman–Crippen LogP) is 5.32. The van der Waals surface area contributed by atoms with Crippen LogP contribution in [0.5, 0.6) is 0 Å². The summed E-state index contributed by atoms with van der Waals surface area (Å²) in [5.41, 5.74) is -3.50. The number of alkyl halides is 14. The standard InChI is InChI=1S/C15H15F7I6O/c1-4-7-9(2,16)29-15(26,27)10(17,8-5-6-8)13(21,28-3)11(18,19)12(20,23)14(22,24)25/h8H,1,5-7H2,2-3H3/t9-,10?,12?,13?/m0/s1. The normalized spacial score (nSPS) is 24.8. The Kier molecular flexibility index (Phi) is 10.4. The van der Waals surface area contributed by atoms with Crippen LogP contribution in [0.3, 0.4) is 0 Å². The van der Waals surface area contributed by atoms with E-state index >= 15 is 22.0 Å². The van der Waals surface area contributed by atoms with E-state index in [4.69, 9.17) is 4.74 Å². The fourth-order valence-electron chi connectivity index (χ4n) is 2.62. The van der Waals surface area contributed by atoms with E-state index in [1.54, 1.807) is 0 Å². The first-order valence-corrected chi connectivity index (χ1v) is 16.3. The number of ether oxygens (including phenoxy) is 1. The molecule has 1 aliphatic rings. The molecule has 14 heteroatoms. The van der Waals surface area contributed by atoms with Crippen molar-refractivity contribution in [1.82, 2.24) is 0 Å². The van der Waals surface area contributed by atoms with Crippen molar-refractivity contribution in [2.45, 2.75) is 54.3 Å². The molecule has 1 rings (SSSR count). The third-order valence-corrected chi connectivity index (χ3v) is 14.1. The Hall–Kier alpha value is 3.50. The molecule has 1 saturated carbocycles. The summed E-state index contributed by atoms with van der Waals surface area (Å²) in [7, 11) is 0. The Labute approximate surface area is 243 Å². The Bertz CT molecular complexity index is 623. The summed E-state index contributed by atoms with van der Waals surface area (Å²) in [6.07, 6.45) is 1.76. The predicted molar refractivity (Wildman–Crippen MR) is 136 cm³/mol. The zero-order valence-electron chi connectivity index (χ0n) is 14.7. The maximum atomic E-state index is 16.5. The van der Waals surface area contributed by atoms with Gasteiger partial charge in [0.2, 0.25) is 0 Å². The van der Waals surface area contributed by atoms with E-state index in [0.29, 0.717) is 22.6 Å². The fraction of sp³-hybridized carbons (Fsp3) is 0.867. The van der Waals surface area contributed by atoms with Gasteiger partial charge in [-0.15, -0.1) is 0 Å². The van der Waals surface area contributed by atoms with Crippen molar-refractivity contribution in [2.75, 3.05) is 4.93 Å². The van der Waals surface area contributed by atoms with E-state index in [1.165, 1.54) is 45.2 Å². The first kappa shape index (κ1) is 30.5. The third kappa shape index (κ3) is 5.52. The molecule has 0 aliphatic heterocycles. The summed E-state index contributed by atoms with van der Waals surface area (Å²) in [6.45, 7) is 4.13. The monoisotopic (exact) mass is 1110 g/mol. The summed E-state index contributed by atoms with van der Waals surface area (Å²) in [4.78, 5) is 1.02. The molecule has 0 aromatic carbocycles. The van der Waals surface area contributed by atoms with Gasteiger partial charge in [-0.25, -0.2) is 0 Å². The van der Waals surface area contributed by atoms with Crippen LogP contribution in [-0.4, -0.2) is 33.0 Å². The van der Waals surface area contributed by atoms with Crippen LogP contribution in [-0.2, 0) is 4.74 Å². The van der Waals surface area contributed by atoms with Gasteiger partial charge in [-0.3, -0.25) is 0 Å². The molecule has 0 N–H and O–H groups in total. The zero-order chi connectivity index (χ0) is 23.3. The summed E-state index contributed by atoms with van der Waals surface area (Å²) in [5.74, 6) is -8.94. The summed E-state index contributed by atoms with van der Waals surface area (Å²) < 4.78 is 98.6. The average molecular weight is 1110 g/mol. The van der Waals surface area contributed by atoms with Gasteiger partial charge in [0.1, 0.15) is 0 Å². The van der Waals surface area contributed by atoms with Crippen molar-refractivity contribution in [3.8, 4) is 0 Å². The van der Waals surface area contributed by atoms with Crippen LogP contribution in [0.25, 0.3) is 0 Å². The fourth-order valence-corrected chi connectivity index (χ4v) is 10.4. The molecule has 0 heterocycles. The molecule has 0 amide bonds. The van der Waals surface area contributed by atoms with Crippen LogP contribution in [0.15, 0.2) is 6.58 Å². The van der Waals surface area contributed by atoms with Crippen LogP contribution < -0.4 is 21.2 Å². The summed E-state index contributed by atoms with van der Waals surface area (Å²) in [5, 5.41) is 0. The minimum atomic E-state index is -5.08. The number of hydrogen-bond acceptors (Lipinski definition) is 1. The molecule has 3 unspecified atom stereocenters. The van der Waals surface area contributed by atoms with Crippen molar-refractivity contribution in [3.05, 3.63) is 12.7 Å². The van der Waals surface area contributed by atoms with E-state index in [1.807, 2.05) is 0 Å². The second-order valence-corrected chi connectivity index (χ2v) is 20.7. The van der Waals surface area contributed by atoms with Crippen molar-refractivity contribution >= 4 is 113 Å². The molecule has 0 spiro atoms. The topological polar surface area (TPSA) is 9.23 Å². The number of rotatable bonds is 11. The first-order chi connectivity index (χ1) is 12.7. The third-order valence-electron chi connectivity index (χ3n) is 4.21. The minimum absolute atomic E-state index is 0.0332. The molecule has 1 aliphatic carbocycles. The molecule has 0 bridgehead atoms. The molecule has 0 radical (unpaired) electrons. The van der Waals surface area contributed by atoms with Gasteiger partial charge < -0.3 is 0 Å². The number of halogens is 13. The molecular weight excluding hydrogens is 1090 g/mol. The second-order valence-electron chi connectivity index (χ2n) is 6.54. The van der Waals surface area contributed by atoms with E-state index in [9.17, 15) is 8.78 Å². The summed E-state index contributed by atoms with van der Waals surface area (Å²) in [6, 6.07) is 0. The van der Waals surface area contributed by atoms with Crippen molar-refractivity contribution in [3.63, 3.8) is 0 Å². The first-order valence-electron chi connectivity index (χ1n) is 7.66. The molecule has 172 valence electrons. The van der Waals surface area contributed by atoms with Gasteiger partial charge in [0.25, 0.3) is 0 Å². The Balaban J connectivity index is 3.67. The van der Waals surface area contributed by atoms with Crippen LogP contribution >= 0.6 is 113 Å². The molecule has 0 aromatic heterocycles. The van der Waals surface area contributed by atoms with Gasteiger partial charge >= 0.3 is 247 Å². The van der Waals surface area contributed by atoms with Crippen LogP contribution in [0.1, 0.15) is 26.2 Å².